The number of primary amides is 1. The first kappa shape index (κ1) is 24.2. The lowest BCUT2D eigenvalue weighted by Gasteiger charge is -2.32. The molecule has 0 spiro atoms. The van der Waals surface area contributed by atoms with Crippen molar-refractivity contribution in [3.8, 4) is 0 Å². The maximum absolute atomic E-state index is 14.1. The quantitative estimate of drug-likeness (QED) is 0.430. The topological polar surface area (TPSA) is 109 Å². The molecule has 1 unspecified atom stereocenters. The molecule has 10 heteroatoms. The van der Waals surface area contributed by atoms with E-state index in [4.69, 9.17) is 17.3 Å². The van der Waals surface area contributed by atoms with E-state index in [1.807, 2.05) is 0 Å². The van der Waals surface area contributed by atoms with Gasteiger partial charge in [0, 0.05) is 36.3 Å². The molecule has 0 saturated heterocycles. The van der Waals surface area contributed by atoms with Crippen LogP contribution in [0.4, 0.5) is 19.7 Å². The molecule has 8 nitrogen and oxygen atoms in total. The fourth-order valence-electron chi connectivity index (χ4n) is 3.66. The van der Waals surface area contributed by atoms with E-state index in [9.17, 15) is 18.8 Å². The number of aldehydes is 1. The summed E-state index contributed by atoms with van der Waals surface area (Å²) in [7, 11) is 0. The summed E-state index contributed by atoms with van der Waals surface area (Å²) in [5.41, 5.74) is 6.73. The molecule has 1 aromatic heterocycles. The number of hydrogen-bond acceptors (Lipinski definition) is 4. The van der Waals surface area contributed by atoms with Crippen molar-refractivity contribution in [2.45, 2.75) is 32.5 Å². The lowest BCUT2D eigenvalue weighted by atomic mass is 10.2. The zero-order valence-corrected chi connectivity index (χ0v) is 19.0. The number of hydrogen-bond donors (Lipinski definition) is 3. The van der Waals surface area contributed by atoms with Gasteiger partial charge in [0.2, 0.25) is 0 Å². The lowest BCUT2D eigenvalue weighted by molar-refractivity contribution is -0.111. The van der Waals surface area contributed by atoms with Crippen molar-refractivity contribution in [2.75, 3.05) is 11.9 Å². The predicted molar refractivity (Wildman–Crippen MR) is 126 cm³/mol. The van der Waals surface area contributed by atoms with Crippen LogP contribution >= 0.6 is 11.6 Å². The SMILES string of the molecule is CC(C)N(C(=O)Nc1cn(C(N)=O)c2ccccc12)C(C=O)CNCc1cccc(Cl)c1F. The minimum absolute atomic E-state index is 0.0135. The first-order valence-corrected chi connectivity index (χ1v) is 10.7. The molecule has 3 amide bonds. The minimum atomic E-state index is -0.822. The summed E-state index contributed by atoms with van der Waals surface area (Å²) in [5, 5.41) is 6.43. The highest BCUT2D eigenvalue weighted by atomic mass is 35.5. The molecule has 0 fully saturated rings. The van der Waals surface area contributed by atoms with Gasteiger partial charge in [-0.25, -0.2) is 14.0 Å². The molecule has 0 radical (unpaired) electrons. The van der Waals surface area contributed by atoms with E-state index in [-0.39, 0.29) is 24.2 Å². The van der Waals surface area contributed by atoms with Crippen LogP contribution in [-0.4, -0.2) is 46.4 Å². The van der Waals surface area contributed by atoms with E-state index < -0.39 is 23.9 Å². The number of para-hydroxylation sites is 1. The molecule has 0 aliphatic heterocycles. The van der Waals surface area contributed by atoms with Crippen molar-refractivity contribution < 1.29 is 18.8 Å². The van der Waals surface area contributed by atoms with Gasteiger partial charge < -0.3 is 26.1 Å². The first-order valence-electron chi connectivity index (χ1n) is 10.3. The van der Waals surface area contributed by atoms with Crippen molar-refractivity contribution in [3.63, 3.8) is 0 Å². The Labute approximate surface area is 195 Å². The van der Waals surface area contributed by atoms with Crippen molar-refractivity contribution in [1.82, 2.24) is 14.8 Å². The number of nitrogens with zero attached hydrogens (tertiary/aromatic N) is 2. The highest BCUT2D eigenvalue weighted by Gasteiger charge is 2.27. The van der Waals surface area contributed by atoms with E-state index >= 15 is 0 Å². The average molecular weight is 474 g/mol. The number of anilines is 1. The number of amides is 3. The van der Waals surface area contributed by atoms with Gasteiger partial charge in [-0.05, 0) is 26.0 Å². The van der Waals surface area contributed by atoms with E-state index in [1.165, 1.54) is 21.7 Å². The number of urea groups is 1. The normalized spacial score (nSPS) is 12.0. The van der Waals surface area contributed by atoms with Gasteiger partial charge in [0.25, 0.3) is 0 Å². The van der Waals surface area contributed by atoms with Crippen LogP contribution in [0.15, 0.2) is 48.7 Å². The van der Waals surface area contributed by atoms with Crippen LogP contribution in [0.3, 0.4) is 0 Å². The summed E-state index contributed by atoms with van der Waals surface area (Å²) >= 11 is 5.81. The second kappa shape index (κ2) is 10.5. The van der Waals surface area contributed by atoms with Crippen LogP contribution in [0.2, 0.25) is 5.02 Å². The maximum Gasteiger partial charge on any atom is 0.323 e. The smallest absolute Gasteiger partial charge is 0.323 e. The van der Waals surface area contributed by atoms with E-state index in [2.05, 4.69) is 10.6 Å². The molecule has 0 saturated carbocycles. The van der Waals surface area contributed by atoms with Crippen LogP contribution in [0.1, 0.15) is 19.4 Å². The molecule has 4 N–H and O–H groups in total. The fraction of sp³-hybridized carbons (Fsp3) is 0.261. The Hall–Kier alpha value is -3.43. The molecule has 3 rings (SSSR count). The largest absolute Gasteiger partial charge is 0.351 e. The highest BCUT2D eigenvalue weighted by molar-refractivity contribution is 6.30. The molecule has 1 atom stereocenters. The third-order valence-electron chi connectivity index (χ3n) is 5.20. The second-order valence-corrected chi connectivity index (χ2v) is 8.15. The third-order valence-corrected chi connectivity index (χ3v) is 5.49. The third kappa shape index (κ3) is 5.32. The number of carbonyl (C=O) groups is 3. The van der Waals surface area contributed by atoms with Gasteiger partial charge in [-0.1, -0.05) is 41.9 Å². The van der Waals surface area contributed by atoms with Crippen LogP contribution in [0.25, 0.3) is 10.9 Å². The summed E-state index contributed by atoms with van der Waals surface area (Å²) in [5.74, 6) is -0.529. The average Bonchev–Trinajstić information content (AvgIpc) is 3.14. The monoisotopic (exact) mass is 473 g/mol. The number of rotatable bonds is 8. The van der Waals surface area contributed by atoms with Crippen LogP contribution < -0.4 is 16.4 Å². The summed E-state index contributed by atoms with van der Waals surface area (Å²) in [6.45, 7) is 3.79. The number of fused-ring (bicyclic) bond motifs is 1. The molecule has 3 aromatic rings. The van der Waals surface area contributed by atoms with Crippen molar-refractivity contribution in [2.24, 2.45) is 5.73 Å². The molecule has 0 bridgehead atoms. The standard InChI is InChI=1S/C23H25ClFN5O3/c1-14(2)30(16(13-31)11-27-10-15-6-5-8-18(24)21(15)25)23(33)28-19-12-29(22(26)32)20-9-4-3-7-17(19)20/h3-9,12-14,16,27H,10-11H2,1-2H3,(H2,26,32)(H,28,33). The molecular formula is C23H25ClFN5O3. The molecule has 0 aliphatic rings. The summed E-state index contributed by atoms with van der Waals surface area (Å²) in [6.07, 6.45) is 2.10. The first-order chi connectivity index (χ1) is 15.7. The summed E-state index contributed by atoms with van der Waals surface area (Å²) in [4.78, 5) is 38.1. The molecule has 2 aromatic carbocycles. The van der Waals surface area contributed by atoms with Gasteiger partial charge in [0.05, 0.1) is 16.2 Å². The number of carbonyl (C=O) groups excluding carboxylic acids is 3. The zero-order chi connectivity index (χ0) is 24.1. The van der Waals surface area contributed by atoms with Gasteiger partial charge in [0.15, 0.2) is 0 Å². The Morgan fingerprint density at radius 1 is 1.21 bits per heavy atom. The molecule has 174 valence electrons. The van der Waals surface area contributed by atoms with Gasteiger partial charge in [-0.2, -0.15) is 0 Å². The summed E-state index contributed by atoms with van der Waals surface area (Å²) < 4.78 is 15.3. The van der Waals surface area contributed by atoms with Gasteiger partial charge in [-0.3, -0.25) is 4.57 Å². The minimum Gasteiger partial charge on any atom is -0.351 e. The van der Waals surface area contributed by atoms with E-state index in [1.54, 1.807) is 50.2 Å². The Morgan fingerprint density at radius 2 is 1.94 bits per heavy atom. The van der Waals surface area contributed by atoms with E-state index in [0.717, 1.165) is 0 Å². The Bertz CT molecular complexity index is 1180. The number of halogens is 2. The van der Waals surface area contributed by atoms with Crippen molar-refractivity contribution in [1.29, 1.82) is 0 Å². The molecule has 0 aliphatic carbocycles. The van der Waals surface area contributed by atoms with Crippen molar-refractivity contribution >= 4 is 46.5 Å². The Kier molecular flexibility index (Phi) is 7.67. The second-order valence-electron chi connectivity index (χ2n) is 7.75. The molecular weight excluding hydrogens is 449 g/mol. The molecule has 1 heterocycles. The van der Waals surface area contributed by atoms with E-state index in [0.29, 0.717) is 28.4 Å². The summed E-state index contributed by atoms with van der Waals surface area (Å²) in [6, 6.07) is 9.32. The van der Waals surface area contributed by atoms with Gasteiger partial charge in [-0.15, -0.1) is 0 Å². The number of benzene rings is 2. The predicted octanol–water partition coefficient (Wildman–Crippen LogP) is 3.96. The number of nitrogens with two attached hydrogens (primary N) is 1. The van der Waals surface area contributed by atoms with Gasteiger partial charge in [0.1, 0.15) is 18.1 Å². The number of nitrogens with one attached hydrogen (secondary N) is 2. The van der Waals surface area contributed by atoms with Crippen LogP contribution in [0, 0.1) is 5.82 Å². The van der Waals surface area contributed by atoms with Gasteiger partial charge >= 0.3 is 12.1 Å². The number of aromatic nitrogens is 1. The van der Waals surface area contributed by atoms with Crippen LogP contribution in [0.5, 0.6) is 0 Å². The fourth-order valence-corrected chi connectivity index (χ4v) is 3.86. The Balaban J connectivity index is 1.76. The highest BCUT2D eigenvalue weighted by Crippen LogP contribution is 2.26. The van der Waals surface area contributed by atoms with Crippen LogP contribution in [-0.2, 0) is 11.3 Å². The molecule has 33 heavy (non-hydrogen) atoms. The lowest BCUT2D eigenvalue weighted by Crippen LogP contribution is -2.51. The Morgan fingerprint density at radius 3 is 2.61 bits per heavy atom. The maximum atomic E-state index is 14.1. The zero-order valence-electron chi connectivity index (χ0n) is 18.2. The van der Waals surface area contributed by atoms with Crippen molar-refractivity contribution in [3.05, 3.63) is 65.1 Å².